The van der Waals surface area contributed by atoms with Gasteiger partial charge in [0.15, 0.2) is 5.96 Å². The molecule has 130 valence electrons. The van der Waals surface area contributed by atoms with Crippen LogP contribution in [0.1, 0.15) is 38.7 Å². The van der Waals surface area contributed by atoms with Crippen LogP contribution < -0.4 is 10.6 Å². The largest absolute Gasteiger partial charge is 0.396 e. The van der Waals surface area contributed by atoms with E-state index in [1.54, 1.807) is 0 Å². The zero-order valence-corrected chi connectivity index (χ0v) is 15.1. The molecule has 1 unspecified atom stereocenters. The molecular weight excluding hydrogens is 310 g/mol. The van der Waals surface area contributed by atoms with E-state index in [4.69, 9.17) is 16.7 Å². The first-order valence-electron chi connectivity index (χ1n) is 8.57. The Morgan fingerprint density at radius 3 is 2.65 bits per heavy atom. The molecule has 0 aromatic heterocycles. The van der Waals surface area contributed by atoms with E-state index in [1.807, 2.05) is 24.3 Å². The highest BCUT2D eigenvalue weighted by molar-refractivity contribution is 6.31. The minimum Gasteiger partial charge on any atom is -0.396 e. The lowest BCUT2D eigenvalue weighted by Gasteiger charge is -2.15. The Bertz CT molecular complexity index is 459. The average molecular weight is 340 g/mol. The van der Waals surface area contributed by atoms with Gasteiger partial charge in [0.25, 0.3) is 0 Å². The lowest BCUT2D eigenvalue weighted by atomic mass is 10.0. The Balaban J connectivity index is 2.49. The summed E-state index contributed by atoms with van der Waals surface area (Å²) < 4.78 is 0. The molecule has 0 radical (unpaired) electrons. The van der Waals surface area contributed by atoms with Crippen LogP contribution in [0.3, 0.4) is 0 Å². The smallest absolute Gasteiger partial charge is 0.191 e. The highest BCUT2D eigenvalue weighted by Crippen LogP contribution is 2.14. The van der Waals surface area contributed by atoms with Crippen molar-refractivity contribution < 1.29 is 5.11 Å². The molecule has 0 spiro atoms. The van der Waals surface area contributed by atoms with Crippen molar-refractivity contribution in [2.75, 3.05) is 26.2 Å². The molecule has 0 saturated carbocycles. The number of hydrogen-bond acceptors (Lipinski definition) is 2. The molecule has 1 aromatic rings. The second kappa shape index (κ2) is 12.2. The van der Waals surface area contributed by atoms with E-state index in [0.717, 1.165) is 61.9 Å². The number of aliphatic hydroxyl groups is 1. The molecule has 0 aliphatic rings. The van der Waals surface area contributed by atoms with E-state index in [1.165, 1.54) is 0 Å². The first-order valence-corrected chi connectivity index (χ1v) is 8.95. The summed E-state index contributed by atoms with van der Waals surface area (Å²) in [7, 11) is 0. The third-order valence-electron chi connectivity index (χ3n) is 3.73. The van der Waals surface area contributed by atoms with Gasteiger partial charge in [-0.15, -0.1) is 0 Å². The second-order valence-electron chi connectivity index (χ2n) is 5.65. The minimum absolute atomic E-state index is 0.233. The van der Waals surface area contributed by atoms with Crippen molar-refractivity contribution in [1.29, 1.82) is 0 Å². The zero-order valence-electron chi connectivity index (χ0n) is 14.3. The highest BCUT2D eigenvalue weighted by Gasteiger charge is 2.07. The number of guanidine groups is 1. The molecule has 0 heterocycles. The molecule has 0 fully saturated rings. The van der Waals surface area contributed by atoms with Crippen LogP contribution in [0, 0.1) is 5.92 Å². The molecule has 0 saturated heterocycles. The van der Waals surface area contributed by atoms with Gasteiger partial charge in [-0.2, -0.15) is 0 Å². The minimum atomic E-state index is 0.233. The van der Waals surface area contributed by atoms with E-state index in [9.17, 15) is 0 Å². The van der Waals surface area contributed by atoms with E-state index < -0.39 is 0 Å². The van der Waals surface area contributed by atoms with Gasteiger partial charge in [0.2, 0.25) is 0 Å². The van der Waals surface area contributed by atoms with Crippen molar-refractivity contribution >= 4 is 17.6 Å². The number of aliphatic imine (C=N–C) groups is 1. The fourth-order valence-corrected chi connectivity index (χ4v) is 2.73. The molecule has 1 atom stereocenters. The maximum Gasteiger partial charge on any atom is 0.191 e. The maximum atomic E-state index is 9.13. The van der Waals surface area contributed by atoms with Crippen molar-refractivity contribution in [2.24, 2.45) is 10.9 Å². The number of benzene rings is 1. The zero-order chi connectivity index (χ0) is 16.9. The third-order valence-corrected chi connectivity index (χ3v) is 4.10. The lowest BCUT2D eigenvalue weighted by Crippen LogP contribution is -2.38. The molecule has 1 rings (SSSR count). The van der Waals surface area contributed by atoms with Gasteiger partial charge in [-0.1, -0.05) is 43.1 Å². The van der Waals surface area contributed by atoms with Gasteiger partial charge in [0.1, 0.15) is 0 Å². The molecular formula is C18H30ClN3O. The summed E-state index contributed by atoms with van der Waals surface area (Å²) in [4.78, 5) is 4.65. The van der Waals surface area contributed by atoms with Crippen molar-refractivity contribution in [3.05, 3.63) is 34.9 Å². The Kier molecular flexibility index (Phi) is 10.5. The Morgan fingerprint density at radius 1 is 1.22 bits per heavy atom. The van der Waals surface area contributed by atoms with Gasteiger partial charge in [-0.05, 0) is 43.7 Å². The maximum absolute atomic E-state index is 9.13. The van der Waals surface area contributed by atoms with Crippen LogP contribution in [-0.2, 0) is 6.42 Å². The summed E-state index contributed by atoms with van der Waals surface area (Å²) in [6.45, 7) is 6.82. The Morgan fingerprint density at radius 2 is 2.00 bits per heavy atom. The number of rotatable bonds is 10. The molecule has 0 aliphatic carbocycles. The summed E-state index contributed by atoms with van der Waals surface area (Å²) in [6, 6.07) is 7.91. The molecule has 5 heteroatoms. The quantitative estimate of drug-likeness (QED) is 0.453. The monoisotopic (exact) mass is 339 g/mol. The van der Waals surface area contributed by atoms with Gasteiger partial charge in [0.05, 0.1) is 0 Å². The van der Waals surface area contributed by atoms with Crippen molar-refractivity contribution in [1.82, 2.24) is 10.6 Å². The SMILES string of the molecule is CCCC(CCO)CN=C(NCC)NCCc1ccccc1Cl. The van der Waals surface area contributed by atoms with Crippen LogP contribution >= 0.6 is 11.6 Å². The second-order valence-corrected chi connectivity index (χ2v) is 6.06. The van der Waals surface area contributed by atoms with E-state index in [0.29, 0.717) is 5.92 Å². The summed E-state index contributed by atoms with van der Waals surface area (Å²) in [5, 5.41) is 16.6. The number of nitrogens with one attached hydrogen (secondary N) is 2. The molecule has 1 aromatic carbocycles. The number of hydrogen-bond donors (Lipinski definition) is 3. The number of aliphatic hydroxyl groups excluding tert-OH is 1. The predicted molar refractivity (Wildman–Crippen MR) is 99.2 cm³/mol. The molecule has 0 aliphatic heterocycles. The summed E-state index contributed by atoms with van der Waals surface area (Å²) in [5.74, 6) is 1.28. The van der Waals surface area contributed by atoms with E-state index in [2.05, 4.69) is 29.5 Å². The lowest BCUT2D eigenvalue weighted by molar-refractivity contribution is 0.253. The summed E-state index contributed by atoms with van der Waals surface area (Å²) >= 11 is 6.18. The van der Waals surface area contributed by atoms with Crippen molar-refractivity contribution in [3.8, 4) is 0 Å². The van der Waals surface area contributed by atoms with Crippen LogP contribution in [0.5, 0.6) is 0 Å². The molecule has 4 nitrogen and oxygen atoms in total. The summed E-state index contributed by atoms with van der Waals surface area (Å²) in [6.07, 6.45) is 3.90. The fraction of sp³-hybridized carbons (Fsp3) is 0.611. The topological polar surface area (TPSA) is 56.7 Å². The normalized spacial score (nSPS) is 13.0. The molecule has 0 bridgehead atoms. The number of nitrogens with zero attached hydrogens (tertiary/aromatic N) is 1. The van der Waals surface area contributed by atoms with Gasteiger partial charge in [0, 0.05) is 31.3 Å². The molecule has 3 N–H and O–H groups in total. The van der Waals surface area contributed by atoms with Crippen LogP contribution in [0.2, 0.25) is 5.02 Å². The molecule has 23 heavy (non-hydrogen) atoms. The Labute approximate surface area is 145 Å². The van der Waals surface area contributed by atoms with Crippen LogP contribution in [-0.4, -0.2) is 37.3 Å². The van der Waals surface area contributed by atoms with Gasteiger partial charge < -0.3 is 15.7 Å². The summed E-state index contributed by atoms with van der Waals surface area (Å²) in [5.41, 5.74) is 1.14. The van der Waals surface area contributed by atoms with E-state index >= 15 is 0 Å². The highest BCUT2D eigenvalue weighted by atomic mass is 35.5. The molecule has 0 amide bonds. The predicted octanol–water partition coefficient (Wildman–Crippen LogP) is 3.24. The third kappa shape index (κ3) is 8.24. The number of halogens is 1. The van der Waals surface area contributed by atoms with Gasteiger partial charge in [-0.25, -0.2) is 0 Å². The average Bonchev–Trinajstić information content (AvgIpc) is 2.54. The van der Waals surface area contributed by atoms with Gasteiger partial charge in [-0.3, -0.25) is 4.99 Å². The van der Waals surface area contributed by atoms with Crippen LogP contribution in [0.4, 0.5) is 0 Å². The van der Waals surface area contributed by atoms with Crippen LogP contribution in [0.25, 0.3) is 0 Å². The fourth-order valence-electron chi connectivity index (χ4n) is 2.50. The first-order chi connectivity index (χ1) is 11.2. The van der Waals surface area contributed by atoms with Gasteiger partial charge >= 0.3 is 0 Å². The standard InChI is InChI=1S/C18H30ClN3O/c1-3-7-15(11-13-23)14-22-18(20-4-2)21-12-10-16-8-5-6-9-17(16)19/h5-6,8-9,15,23H,3-4,7,10-14H2,1-2H3,(H2,20,21,22). The van der Waals surface area contributed by atoms with Crippen molar-refractivity contribution in [3.63, 3.8) is 0 Å². The van der Waals surface area contributed by atoms with Crippen LogP contribution in [0.15, 0.2) is 29.3 Å². The first kappa shape index (κ1) is 19.8. The Hall–Kier alpha value is -1.26. The van der Waals surface area contributed by atoms with Crippen molar-refractivity contribution in [2.45, 2.75) is 39.5 Å². The van der Waals surface area contributed by atoms with E-state index in [-0.39, 0.29) is 6.61 Å².